The van der Waals surface area contributed by atoms with Crippen LogP contribution < -0.4 is 15.6 Å². The van der Waals surface area contributed by atoms with E-state index in [1.807, 2.05) is 62.4 Å². The monoisotopic (exact) mass is 446 g/mol. The smallest absolute Gasteiger partial charge is 0.297 e. The molecule has 0 bridgehead atoms. The Labute approximate surface area is 191 Å². The zero-order valence-electron chi connectivity index (χ0n) is 19.1. The molecule has 0 aliphatic heterocycles. The van der Waals surface area contributed by atoms with Crippen LogP contribution in [0.1, 0.15) is 36.3 Å². The van der Waals surface area contributed by atoms with Gasteiger partial charge >= 0.3 is 0 Å². The molecule has 33 heavy (non-hydrogen) atoms. The van der Waals surface area contributed by atoms with Gasteiger partial charge in [-0.05, 0) is 38.0 Å². The highest BCUT2D eigenvalue weighted by atomic mass is 16.5. The van der Waals surface area contributed by atoms with E-state index in [4.69, 9.17) is 9.26 Å². The molecule has 8 heteroatoms. The summed E-state index contributed by atoms with van der Waals surface area (Å²) in [6, 6.07) is 14.5. The van der Waals surface area contributed by atoms with E-state index in [1.165, 1.54) is 4.68 Å². The minimum absolute atomic E-state index is 0.144. The average molecular weight is 447 g/mol. The van der Waals surface area contributed by atoms with E-state index < -0.39 is 11.6 Å². The van der Waals surface area contributed by atoms with E-state index in [0.717, 1.165) is 16.7 Å². The first kappa shape index (κ1) is 22.3. The van der Waals surface area contributed by atoms with Gasteiger partial charge in [0.15, 0.2) is 5.52 Å². The van der Waals surface area contributed by atoms with Crippen LogP contribution in [0, 0.1) is 13.8 Å². The van der Waals surface area contributed by atoms with Crippen molar-refractivity contribution in [3.05, 3.63) is 75.8 Å². The van der Waals surface area contributed by atoms with Crippen LogP contribution >= 0.6 is 0 Å². The predicted octanol–water partition coefficient (Wildman–Crippen LogP) is 3.94. The molecule has 1 amide bonds. The fourth-order valence-corrected chi connectivity index (χ4v) is 3.77. The first-order valence-electron chi connectivity index (χ1n) is 10.8. The molecule has 0 aliphatic carbocycles. The van der Waals surface area contributed by atoms with E-state index in [1.54, 1.807) is 14.0 Å². The van der Waals surface area contributed by atoms with Crippen LogP contribution in [-0.4, -0.2) is 28.0 Å². The molecule has 1 unspecified atom stereocenters. The van der Waals surface area contributed by atoms with E-state index >= 15 is 0 Å². The molecule has 170 valence electrons. The van der Waals surface area contributed by atoms with Crippen LogP contribution in [0.5, 0.6) is 5.75 Å². The summed E-state index contributed by atoms with van der Waals surface area (Å²) < 4.78 is 11.9. The summed E-state index contributed by atoms with van der Waals surface area (Å²) in [6.07, 6.45) is 0.381. The molecule has 0 aliphatic rings. The molecule has 0 radical (unpaired) electrons. The number of amides is 1. The number of methoxy groups -OCH3 is 1. The lowest BCUT2D eigenvalue weighted by Gasteiger charge is -2.18. The molecular formula is C25H26N4O4. The van der Waals surface area contributed by atoms with Gasteiger partial charge in [-0.1, -0.05) is 54.0 Å². The van der Waals surface area contributed by atoms with E-state index in [2.05, 4.69) is 15.6 Å². The third kappa shape index (κ3) is 4.37. The Bertz CT molecular complexity index is 1360. The van der Waals surface area contributed by atoms with Crippen LogP contribution in [-0.2, 0) is 11.3 Å². The molecule has 0 saturated heterocycles. The van der Waals surface area contributed by atoms with Crippen molar-refractivity contribution in [3.8, 4) is 17.0 Å². The number of carbonyl (C=O) groups excluding carboxylic acids is 1. The zero-order valence-corrected chi connectivity index (χ0v) is 19.1. The molecule has 2 aromatic carbocycles. The van der Waals surface area contributed by atoms with Crippen molar-refractivity contribution < 1.29 is 14.1 Å². The Morgan fingerprint density at radius 2 is 1.94 bits per heavy atom. The highest BCUT2D eigenvalue weighted by Gasteiger charge is 2.26. The van der Waals surface area contributed by atoms with Crippen molar-refractivity contribution in [2.45, 2.75) is 39.8 Å². The van der Waals surface area contributed by atoms with Crippen LogP contribution in [0.2, 0.25) is 0 Å². The fourth-order valence-electron chi connectivity index (χ4n) is 3.77. The summed E-state index contributed by atoms with van der Waals surface area (Å²) in [5.74, 6) is 0.845. The molecule has 0 fully saturated rings. The van der Waals surface area contributed by atoms with Crippen LogP contribution in [0.15, 0.2) is 57.8 Å². The highest BCUT2D eigenvalue weighted by Crippen LogP contribution is 2.30. The normalized spacial score (nSPS) is 12.0. The van der Waals surface area contributed by atoms with Crippen molar-refractivity contribution in [1.82, 2.24) is 20.3 Å². The quantitative estimate of drug-likeness (QED) is 0.462. The maximum atomic E-state index is 13.2. The summed E-state index contributed by atoms with van der Waals surface area (Å²) in [5, 5.41) is 12.1. The van der Waals surface area contributed by atoms with Crippen LogP contribution in [0.4, 0.5) is 0 Å². The number of aryl methyl sites for hydroxylation is 2. The predicted molar refractivity (Wildman–Crippen MR) is 125 cm³/mol. The lowest BCUT2D eigenvalue weighted by molar-refractivity contribution is -0.125. The number of aromatic nitrogens is 3. The molecule has 1 N–H and O–H groups in total. The van der Waals surface area contributed by atoms with Crippen LogP contribution in [0.25, 0.3) is 22.2 Å². The lowest BCUT2D eigenvalue weighted by atomic mass is 10.1. The van der Waals surface area contributed by atoms with Gasteiger partial charge in [0.05, 0.1) is 12.5 Å². The SMILES string of the molecule is CCC(C(=O)NCc1ccc(C)cc1)n1nc(-c2cccc(OC)c2)c2c(C)onc2c1=O. The van der Waals surface area contributed by atoms with Crippen molar-refractivity contribution in [2.75, 3.05) is 7.11 Å². The Balaban J connectivity index is 1.75. The van der Waals surface area contributed by atoms with Gasteiger partial charge in [-0.25, -0.2) is 4.68 Å². The summed E-state index contributed by atoms with van der Waals surface area (Å²) in [4.78, 5) is 26.3. The first-order valence-corrected chi connectivity index (χ1v) is 10.8. The van der Waals surface area contributed by atoms with Gasteiger partial charge in [0.2, 0.25) is 5.91 Å². The van der Waals surface area contributed by atoms with Gasteiger partial charge in [-0.2, -0.15) is 5.10 Å². The van der Waals surface area contributed by atoms with Gasteiger partial charge < -0.3 is 14.6 Å². The lowest BCUT2D eigenvalue weighted by Crippen LogP contribution is -2.38. The fraction of sp³-hybridized carbons (Fsp3) is 0.280. The van der Waals surface area contributed by atoms with Gasteiger partial charge in [0.25, 0.3) is 5.56 Å². The maximum absolute atomic E-state index is 13.2. The number of nitrogens with zero attached hydrogens (tertiary/aromatic N) is 3. The van der Waals surface area contributed by atoms with Gasteiger partial charge in [0.1, 0.15) is 23.2 Å². The summed E-state index contributed by atoms with van der Waals surface area (Å²) in [7, 11) is 1.58. The second kappa shape index (κ2) is 9.28. The van der Waals surface area contributed by atoms with E-state index in [-0.39, 0.29) is 11.4 Å². The number of benzene rings is 2. The molecule has 4 rings (SSSR count). The minimum atomic E-state index is -0.797. The molecule has 4 aromatic rings. The Hall–Kier alpha value is -3.94. The summed E-state index contributed by atoms with van der Waals surface area (Å²) in [5.41, 5.74) is 3.04. The molecule has 0 spiro atoms. The van der Waals surface area contributed by atoms with Crippen molar-refractivity contribution in [1.29, 1.82) is 0 Å². The van der Waals surface area contributed by atoms with Gasteiger partial charge in [-0.3, -0.25) is 9.59 Å². The standard InChI is InChI=1S/C25H26N4O4/c1-5-20(24(30)26-14-17-11-9-15(2)10-12-17)29-25(31)23-21(16(3)33-28-23)22(27-29)18-7-6-8-19(13-18)32-4/h6-13,20H,5,14H2,1-4H3,(H,26,30). The van der Waals surface area contributed by atoms with E-state index in [9.17, 15) is 9.59 Å². The van der Waals surface area contributed by atoms with Crippen molar-refractivity contribution in [3.63, 3.8) is 0 Å². The van der Waals surface area contributed by atoms with Crippen molar-refractivity contribution in [2.24, 2.45) is 0 Å². The Morgan fingerprint density at radius 1 is 1.18 bits per heavy atom. The molecular weight excluding hydrogens is 420 g/mol. The highest BCUT2D eigenvalue weighted by molar-refractivity contribution is 5.93. The number of nitrogens with one attached hydrogen (secondary N) is 1. The Morgan fingerprint density at radius 3 is 2.64 bits per heavy atom. The topological polar surface area (TPSA) is 99.2 Å². The van der Waals surface area contributed by atoms with Crippen LogP contribution in [0.3, 0.4) is 0 Å². The molecule has 2 aromatic heterocycles. The van der Waals surface area contributed by atoms with E-state index in [0.29, 0.717) is 35.6 Å². The summed E-state index contributed by atoms with van der Waals surface area (Å²) >= 11 is 0. The largest absolute Gasteiger partial charge is 0.497 e. The molecule has 2 heterocycles. The average Bonchev–Trinajstić information content (AvgIpc) is 3.22. The molecule has 1 atom stereocenters. The number of fused-ring (bicyclic) bond motifs is 1. The number of carbonyl (C=O) groups is 1. The second-order valence-electron chi connectivity index (χ2n) is 7.92. The van der Waals surface area contributed by atoms with Crippen molar-refractivity contribution >= 4 is 16.8 Å². The van der Waals surface area contributed by atoms with Gasteiger partial charge in [-0.15, -0.1) is 0 Å². The first-order chi connectivity index (χ1) is 15.9. The number of hydrogen-bond acceptors (Lipinski definition) is 6. The third-order valence-corrected chi connectivity index (χ3v) is 5.63. The minimum Gasteiger partial charge on any atom is -0.497 e. The third-order valence-electron chi connectivity index (χ3n) is 5.63. The maximum Gasteiger partial charge on any atom is 0.297 e. The number of hydrogen-bond donors (Lipinski definition) is 1. The Kier molecular flexibility index (Phi) is 6.26. The molecule has 0 saturated carbocycles. The summed E-state index contributed by atoms with van der Waals surface area (Å²) in [6.45, 7) is 5.94. The van der Waals surface area contributed by atoms with Gasteiger partial charge in [0, 0.05) is 12.1 Å². The second-order valence-corrected chi connectivity index (χ2v) is 7.92. The number of ether oxygens (including phenoxy) is 1. The number of rotatable bonds is 7. The zero-order chi connectivity index (χ0) is 23.5. The molecule has 8 nitrogen and oxygen atoms in total.